The number of halogens is 1. The fraction of sp³-hybridized carbons (Fsp3) is 0.312. The van der Waals surface area contributed by atoms with Gasteiger partial charge in [0.2, 0.25) is 0 Å². The molecule has 1 aromatic carbocycles. The summed E-state index contributed by atoms with van der Waals surface area (Å²) in [4.78, 5) is 5.66. The minimum absolute atomic E-state index is 0.694. The maximum Gasteiger partial charge on any atom is 0.132 e. The summed E-state index contributed by atoms with van der Waals surface area (Å²) >= 11 is 7.91. The van der Waals surface area contributed by atoms with Gasteiger partial charge in [0.05, 0.1) is 17.8 Å². The molecule has 0 saturated heterocycles. The standard InChI is InChI=1S/C16H19ClN2OS/c1-3-10-18-16-9-8-12(17)13(19-16)11-21-15-7-5-4-6-14(15)20-2/h4-9H,3,10-11H2,1-2H3,(H,18,19). The predicted octanol–water partition coefficient (Wildman–Crippen LogP) is 4.86. The molecule has 0 atom stereocenters. The largest absolute Gasteiger partial charge is 0.496 e. The average molecular weight is 323 g/mol. The van der Waals surface area contributed by atoms with Crippen LogP contribution in [0, 0.1) is 0 Å². The van der Waals surface area contributed by atoms with Crippen molar-refractivity contribution in [1.82, 2.24) is 4.98 Å². The van der Waals surface area contributed by atoms with Crippen LogP contribution in [0.1, 0.15) is 19.0 Å². The lowest BCUT2D eigenvalue weighted by Gasteiger charge is -2.10. The van der Waals surface area contributed by atoms with E-state index >= 15 is 0 Å². The summed E-state index contributed by atoms with van der Waals surface area (Å²) in [7, 11) is 1.68. The second kappa shape index (κ2) is 8.15. The van der Waals surface area contributed by atoms with Crippen LogP contribution < -0.4 is 10.1 Å². The van der Waals surface area contributed by atoms with Gasteiger partial charge in [-0.2, -0.15) is 0 Å². The number of pyridine rings is 1. The van der Waals surface area contributed by atoms with E-state index in [0.717, 1.165) is 35.1 Å². The first-order valence-electron chi connectivity index (χ1n) is 6.89. The van der Waals surface area contributed by atoms with Gasteiger partial charge in [-0.05, 0) is 30.7 Å². The van der Waals surface area contributed by atoms with Crippen molar-refractivity contribution in [3.8, 4) is 5.75 Å². The van der Waals surface area contributed by atoms with Crippen molar-refractivity contribution in [3.05, 3.63) is 47.1 Å². The van der Waals surface area contributed by atoms with E-state index in [4.69, 9.17) is 16.3 Å². The Morgan fingerprint density at radius 1 is 1.24 bits per heavy atom. The number of hydrogen-bond donors (Lipinski definition) is 1. The Balaban J connectivity index is 2.08. The molecule has 0 aliphatic carbocycles. The lowest BCUT2D eigenvalue weighted by atomic mass is 10.3. The van der Waals surface area contributed by atoms with Gasteiger partial charge in [0, 0.05) is 17.2 Å². The molecule has 2 aromatic rings. The molecule has 0 amide bonds. The molecule has 1 aromatic heterocycles. The van der Waals surface area contributed by atoms with Gasteiger partial charge in [-0.3, -0.25) is 0 Å². The highest BCUT2D eigenvalue weighted by Crippen LogP contribution is 2.32. The highest BCUT2D eigenvalue weighted by Gasteiger charge is 2.07. The predicted molar refractivity (Wildman–Crippen MR) is 90.6 cm³/mol. The van der Waals surface area contributed by atoms with Crippen LogP contribution in [0.25, 0.3) is 0 Å². The molecule has 21 heavy (non-hydrogen) atoms. The van der Waals surface area contributed by atoms with Crippen molar-refractivity contribution in [2.24, 2.45) is 0 Å². The quantitative estimate of drug-likeness (QED) is 0.738. The lowest BCUT2D eigenvalue weighted by Crippen LogP contribution is -2.03. The fourth-order valence-corrected chi connectivity index (χ4v) is 3.05. The second-order valence-corrected chi connectivity index (χ2v) is 5.92. The van der Waals surface area contributed by atoms with E-state index in [-0.39, 0.29) is 0 Å². The number of anilines is 1. The van der Waals surface area contributed by atoms with Gasteiger partial charge in [-0.25, -0.2) is 4.98 Å². The van der Waals surface area contributed by atoms with Gasteiger partial charge < -0.3 is 10.1 Å². The number of rotatable bonds is 7. The Labute approximate surface area is 135 Å². The van der Waals surface area contributed by atoms with Gasteiger partial charge in [-0.15, -0.1) is 11.8 Å². The number of aromatic nitrogens is 1. The maximum atomic E-state index is 6.24. The summed E-state index contributed by atoms with van der Waals surface area (Å²) in [6.07, 6.45) is 1.07. The molecule has 0 fully saturated rings. The van der Waals surface area contributed by atoms with Gasteiger partial charge in [0.15, 0.2) is 0 Å². The first-order valence-corrected chi connectivity index (χ1v) is 8.26. The number of nitrogens with zero attached hydrogens (tertiary/aromatic N) is 1. The zero-order valence-corrected chi connectivity index (χ0v) is 13.8. The molecule has 5 heteroatoms. The van der Waals surface area contributed by atoms with Crippen LogP contribution in [0.3, 0.4) is 0 Å². The second-order valence-electron chi connectivity index (χ2n) is 4.49. The maximum absolute atomic E-state index is 6.24. The summed E-state index contributed by atoms with van der Waals surface area (Å²) in [6.45, 7) is 3.04. The van der Waals surface area contributed by atoms with E-state index < -0.39 is 0 Å². The summed E-state index contributed by atoms with van der Waals surface area (Å²) in [6, 6.07) is 11.8. The highest BCUT2D eigenvalue weighted by molar-refractivity contribution is 7.98. The van der Waals surface area contributed by atoms with Crippen molar-refractivity contribution in [1.29, 1.82) is 0 Å². The number of para-hydroxylation sites is 1. The Kier molecular flexibility index (Phi) is 6.21. The fourth-order valence-electron chi connectivity index (χ4n) is 1.82. The molecule has 0 spiro atoms. The van der Waals surface area contributed by atoms with E-state index in [1.54, 1.807) is 18.9 Å². The van der Waals surface area contributed by atoms with E-state index in [0.29, 0.717) is 10.8 Å². The number of methoxy groups -OCH3 is 1. The molecule has 0 unspecified atom stereocenters. The minimum atomic E-state index is 0.694. The Bertz CT molecular complexity index is 592. The summed E-state index contributed by atoms with van der Waals surface area (Å²) in [5.41, 5.74) is 0.883. The molecular weight excluding hydrogens is 304 g/mol. The third-order valence-electron chi connectivity index (χ3n) is 2.91. The molecule has 112 valence electrons. The van der Waals surface area contributed by atoms with Gasteiger partial charge in [0.1, 0.15) is 11.6 Å². The first kappa shape index (κ1) is 16.0. The summed E-state index contributed by atoms with van der Waals surface area (Å²) in [5.74, 6) is 2.46. The van der Waals surface area contributed by atoms with Crippen LogP contribution in [0.2, 0.25) is 5.02 Å². The Hall–Kier alpha value is -1.39. The molecule has 3 nitrogen and oxygen atoms in total. The summed E-state index contributed by atoms with van der Waals surface area (Å²) < 4.78 is 5.35. The third kappa shape index (κ3) is 4.55. The smallest absolute Gasteiger partial charge is 0.132 e. The van der Waals surface area contributed by atoms with Gasteiger partial charge in [0.25, 0.3) is 0 Å². The molecule has 0 saturated carbocycles. The van der Waals surface area contributed by atoms with Crippen LogP contribution in [-0.4, -0.2) is 18.6 Å². The molecule has 0 aliphatic heterocycles. The van der Waals surface area contributed by atoms with E-state index in [2.05, 4.69) is 17.2 Å². The number of hydrogen-bond acceptors (Lipinski definition) is 4. The molecule has 1 N–H and O–H groups in total. The van der Waals surface area contributed by atoms with Crippen LogP contribution in [0.5, 0.6) is 5.75 Å². The number of thioether (sulfide) groups is 1. The van der Waals surface area contributed by atoms with Crippen LogP contribution in [0.15, 0.2) is 41.3 Å². The molecule has 0 radical (unpaired) electrons. The first-order chi connectivity index (χ1) is 10.2. The summed E-state index contributed by atoms with van der Waals surface area (Å²) in [5, 5.41) is 3.97. The van der Waals surface area contributed by atoms with Gasteiger partial charge >= 0.3 is 0 Å². The molecule has 0 aliphatic rings. The van der Waals surface area contributed by atoms with Crippen molar-refractivity contribution in [2.75, 3.05) is 19.0 Å². The van der Waals surface area contributed by atoms with Crippen LogP contribution >= 0.6 is 23.4 Å². The highest BCUT2D eigenvalue weighted by atomic mass is 35.5. The third-order valence-corrected chi connectivity index (χ3v) is 4.32. The molecular formula is C16H19ClN2OS. The van der Waals surface area contributed by atoms with Crippen LogP contribution in [0.4, 0.5) is 5.82 Å². The normalized spacial score (nSPS) is 10.4. The van der Waals surface area contributed by atoms with Crippen molar-refractivity contribution in [2.45, 2.75) is 24.0 Å². The van der Waals surface area contributed by atoms with Crippen molar-refractivity contribution in [3.63, 3.8) is 0 Å². The van der Waals surface area contributed by atoms with Gasteiger partial charge in [-0.1, -0.05) is 30.7 Å². The number of nitrogens with one attached hydrogen (secondary N) is 1. The monoisotopic (exact) mass is 322 g/mol. The molecule has 1 heterocycles. The van der Waals surface area contributed by atoms with Crippen molar-refractivity contribution >= 4 is 29.2 Å². The van der Waals surface area contributed by atoms with E-state index in [1.165, 1.54) is 0 Å². The Morgan fingerprint density at radius 3 is 2.81 bits per heavy atom. The van der Waals surface area contributed by atoms with Crippen LogP contribution in [-0.2, 0) is 5.75 Å². The molecule has 0 bridgehead atoms. The lowest BCUT2D eigenvalue weighted by molar-refractivity contribution is 0.405. The Morgan fingerprint density at radius 2 is 2.05 bits per heavy atom. The minimum Gasteiger partial charge on any atom is -0.496 e. The van der Waals surface area contributed by atoms with E-state index in [1.807, 2.05) is 36.4 Å². The number of ether oxygens (including phenoxy) is 1. The number of benzene rings is 1. The topological polar surface area (TPSA) is 34.1 Å². The average Bonchev–Trinajstić information content (AvgIpc) is 2.53. The zero-order chi connectivity index (χ0) is 15.1. The van der Waals surface area contributed by atoms with Crippen molar-refractivity contribution < 1.29 is 4.74 Å². The zero-order valence-electron chi connectivity index (χ0n) is 12.2. The van der Waals surface area contributed by atoms with E-state index in [9.17, 15) is 0 Å². The SMILES string of the molecule is CCCNc1ccc(Cl)c(CSc2ccccc2OC)n1. The molecule has 2 rings (SSSR count).